The summed E-state index contributed by atoms with van der Waals surface area (Å²) in [6.07, 6.45) is 5.43. The first-order valence-electron chi connectivity index (χ1n) is 11.9. The van der Waals surface area contributed by atoms with Gasteiger partial charge in [0.1, 0.15) is 5.82 Å². The molecule has 34 heavy (non-hydrogen) atoms. The molecule has 182 valence electrons. The van der Waals surface area contributed by atoms with Crippen molar-refractivity contribution in [3.05, 3.63) is 71.3 Å². The van der Waals surface area contributed by atoms with Crippen molar-refractivity contribution < 1.29 is 19.4 Å². The van der Waals surface area contributed by atoms with Gasteiger partial charge in [-0.05, 0) is 29.2 Å². The molecule has 0 amide bonds. The molecule has 0 aliphatic rings. The molecule has 1 heterocycles. The Kier molecular flexibility index (Phi) is 8.96. The van der Waals surface area contributed by atoms with Crippen molar-refractivity contribution in [2.75, 3.05) is 14.2 Å². The zero-order valence-corrected chi connectivity index (χ0v) is 20.6. The van der Waals surface area contributed by atoms with Crippen LogP contribution in [-0.4, -0.2) is 40.1 Å². The zero-order chi connectivity index (χ0) is 24.6. The van der Waals surface area contributed by atoms with Crippen LogP contribution in [0.5, 0.6) is 0 Å². The normalized spacial score (nSPS) is 11.6. The third-order valence-corrected chi connectivity index (χ3v) is 6.09. The summed E-state index contributed by atoms with van der Waals surface area (Å²) in [5, 5.41) is 14.3. The maximum Gasteiger partial charge on any atom is 0.336 e. The van der Waals surface area contributed by atoms with Crippen molar-refractivity contribution >= 4 is 5.97 Å². The maximum absolute atomic E-state index is 11.6. The number of nitrogens with zero attached hydrogens (tertiary/aromatic N) is 3. The number of aromatic carboxylic acids is 1. The molecule has 0 aliphatic carbocycles. The zero-order valence-electron chi connectivity index (χ0n) is 20.6. The first kappa shape index (κ1) is 25.6. The Labute approximate surface area is 201 Å². The van der Waals surface area contributed by atoms with Crippen LogP contribution in [0.15, 0.2) is 48.5 Å². The standard InChI is InChI=1S/C27H35N3O4/c1-5-7-10-18-30-24(28-26(29-30)27(33-3,34-4)17-6-2)19-20-13-15-21(16-14-20)22-11-8-9-12-23(22)25(31)32/h8-9,11-16H,5-7,10,17-19H2,1-4H3,(H,31,32). The predicted molar refractivity (Wildman–Crippen MR) is 132 cm³/mol. The topological polar surface area (TPSA) is 86.5 Å². The quantitative estimate of drug-likeness (QED) is 0.259. The number of aryl methyl sites for hydroxylation is 1. The summed E-state index contributed by atoms with van der Waals surface area (Å²) in [6.45, 7) is 5.05. The van der Waals surface area contributed by atoms with E-state index < -0.39 is 11.8 Å². The van der Waals surface area contributed by atoms with Gasteiger partial charge in [0.25, 0.3) is 0 Å². The molecule has 0 fully saturated rings. The maximum atomic E-state index is 11.6. The molecule has 3 aromatic rings. The van der Waals surface area contributed by atoms with Crippen LogP contribution in [-0.2, 0) is 28.2 Å². The van der Waals surface area contributed by atoms with Crippen molar-refractivity contribution in [1.29, 1.82) is 0 Å². The summed E-state index contributed by atoms with van der Waals surface area (Å²) >= 11 is 0. The summed E-state index contributed by atoms with van der Waals surface area (Å²) < 4.78 is 13.5. The molecule has 1 N–H and O–H groups in total. The van der Waals surface area contributed by atoms with Crippen LogP contribution in [0.3, 0.4) is 0 Å². The van der Waals surface area contributed by atoms with E-state index >= 15 is 0 Å². The van der Waals surface area contributed by atoms with Crippen LogP contribution in [0.1, 0.15) is 73.5 Å². The highest BCUT2D eigenvalue weighted by Crippen LogP contribution is 2.30. The fraction of sp³-hybridized carbons (Fsp3) is 0.444. The number of benzene rings is 2. The molecule has 0 bridgehead atoms. The Balaban J connectivity index is 1.90. The summed E-state index contributed by atoms with van der Waals surface area (Å²) in [4.78, 5) is 16.4. The number of ether oxygens (including phenoxy) is 2. The fourth-order valence-electron chi connectivity index (χ4n) is 4.17. The minimum Gasteiger partial charge on any atom is -0.478 e. The number of carbonyl (C=O) groups is 1. The van der Waals surface area contributed by atoms with Gasteiger partial charge < -0.3 is 14.6 Å². The van der Waals surface area contributed by atoms with E-state index in [1.54, 1.807) is 26.4 Å². The number of rotatable bonds is 13. The Hall–Kier alpha value is -3.03. The van der Waals surface area contributed by atoms with Crippen molar-refractivity contribution in [2.24, 2.45) is 0 Å². The molecule has 0 radical (unpaired) electrons. The number of carboxylic acids is 1. The predicted octanol–water partition coefficient (Wildman–Crippen LogP) is 5.67. The second kappa shape index (κ2) is 11.9. The minimum atomic E-state index is -0.954. The van der Waals surface area contributed by atoms with E-state index in [0.29, 0.717) is 29.8 Å². The van der Waals surface area contributed by atoms with Crippen LogP contribution in [0.4, 0.5) is 0 Å². The van der Waals surface area contributed by atoms with E-state index in [1.807, 2.05) is 41.1 Å². The van der Waals surface area contributed by atoms with Crippen molar-refractivity contribution in [1.82, 2.24) is 14.8 Å². The number of methoxy groups -OCH3 is 2. The van der Waals surface area contributed by atoms with Crippen LogP contribution < -0.4 is 0 Å². The van der Waals surface area contributed by atoms with Crippen molar-refractivity contribution in [3.8, 4) is 11.1 Å². The summed E-state index contributed by atoms with van der Waals surface area (Å²) in [5.74, 6) is -0.472. The number of hydrogen-bond acceptors (Lipinski definition) is 5. The number of aromatic nitrogens is 3. The molecule has 7 nitrogen and oxygen atoms in total. The van der Waals surface area contributed by atoms with Crippen LogP contribution in [0.2, 0.25) is 0 Å². The molecule has 0 saturated heterocycles. The number of hydrogen-bond donors (Lipinski definition) is 1. The largest absolute Gasteiger partial charge is 0.478 e. The average molecular weight is 466 g/mol. The average Bonchev–Trinajstić information content (AvgIpc) is 3.26. The summed E-state index contributed by atoms with van der Waals surface area (Å²) in [6, 6.07) is 15.0. The van der Waals surface area contributed by atoms with Gasteiger partial charge in [0.2, 0.25) is 11.6 Å². The molecule has 0 saturated carbocycles. The van der Waals surface area contributed by atoms with Crippen molar-refractivity contribution in [2.45, 2.75) is 64.7 Å². The molecular formula is C27H35N3O4. The van der Waals surface area contributed by atoms with Gasteiger partial charge in [-0.1, -0.05) is 75.6 Å². The number of unbranched alkanes of at least 4 members (excludes halogenated alkanes) is 2. The smallest absolute Gasteiger partial charge is 0.336 e. The first-order valence-corrected chi connectivity index (χ1v) is 11.9. The van der Waals surface area contributed by atoms with E-state index in [-0.39, 0.29) is 0 Å². The van der Waals surface area contributed by atoms with Crippen LogP contribution in [0, 0.1) is 0 Å². The highest BCUT2D eigenvalue weighted by atomic mass is 16.7. The van der Waals surface area contributed by atoms with E-state index in [9.17, 15) is 9.90 Å². The molecule has 0 aliphatic heterocycles. The molecule has 1 aromatic heterocycles. The Morgan fingerprint density at radius 2 is 1.71 bits per heavy atom. The third-order valence-electron chi connectivity index (χ3n) is 6.09. The van der Waals surface area contributed by atoms with E-state index in [4.69, 9.17) is 19.6 Å². The molecule has 0 spiro atoms. The van der Waals surface area contributed by atoms with Crippen LogP contribution >= 0.6 is 0 Å². The van der Waals surface area contributed by atoms with E-state index in [2.05, 4.69) is 13.8 Å². The van der Waals surface area contributed by atoms with Gasteiger partial charge in [-0.15, -0.1) is 0 Å². The molecule has 7 heteroatoms. The monoisotopic (exact) mass is 465 g/mol. The summed E-state index contributed by atoms with van der Waals surface area (Å²) in [7, 11) is 3.26. The van der Waals surface area contributed by atoms with Gasteiger partial charge in [0.15, 0.2) is 0 Å². The molecule has 2 aromatic carbocycles. The van der Waals surface area contributed by atoms with Gasteiger partial charge in [-0.2, -0.15) is 5.10 Å². The van der Waals surface area contributed by atoms with Gasteiger partial charge in [-0.25, -0.2) is 14.5 Å². The second-order valence-corrected chi connectivity index (χ2v) is 8.42. The lowest BCUT2D eigenvalue weighted by Gasteiger charge is -2.27. The molecule has 0 unspecified atom stereocenters. The fourth-order valence-corrected chi connectivity index (χ4v) is 4.17. The number of carboxylic acid groups (broad SMARTS) is 1. The lowest BCUT2D eigenvalue weighted by molar-refractivity contribution is -0.225. The third kappa shape index (κ3) is 5.72. The Bertz CT molecular complexity index is 1070. The van der Waals surface area contributed by atoms with Gasteiger partial charge in [0, 0.05) is 33.6 Å². The minimum absolute atomic E-state index is 0.293. The van der Waals surface area contributed by atoms with Crippen LogP contribution in [0.25, 0.3) is 11.1 Å². The Morgan fingerprint density at radius 1 is 1.00 bits per heavy atom. The second-order valence-electron chi connectivity index (χ2n) is 8.42. The highest BCUT2D eigenvalue weighted by molar-refractivity contribution is 5.95. The SMILES string of the molecule is CCCCCn1nc(C(CCC)(OC)OC)nc1Cc1ccc(-c2ccccc2C(=O)O)cc1. The van der Waals surface area contributed by atoms with E-state index in [0.717, 1.165) is 49.2 Å². The Morgan fingerprint density at radius 3 is 2.32 bits per heavy atom. The summed E-state index contributed by atoms with van der Waals surface area (Å²) in [5.41, 5.74) is 2.94. The molecule has 3 rings (SSSR count). The first-order chi connectivity index (χ1) is 16.5. The molecular weight excluding hydrogens is 430 g/mol. The lowest BCUT2D eigenvalue weighted by Crippen LogP contribution is -2.32. The van der Waals surface area contributed by atoms with Gasteiger partial charge >= 0.3 is 5.97 Å². The van der Waals surface area contributed by atoms with Gasteiger partial charge in [-0.3, -0.25) is 0 Å². The van der Waals surface area contributed by atoms with Crippen molar-refractivity contribution in [3.63, 3.8) is 0 Å². The molecule has 0 atom stereocenters. The lowest BCUT2D eigenvalue weighted by atomic mass is 9.98. The van der Waals surface area contributed by atoms with Gasteiger partial charge in [0.05, 0.1) is 5.56 Å². The van der Waals surface area contributed by atoms with E-state index in [1.165, 1.54) is 0 Å². The highest BCUT2D eigenvalue weighted by Gasteiger charge is 2.36.